The van der Waals surface area contributed by atoms with Crippen LogP contribution in [0.4, 0.5) is 0 Å². The lowest BCUT2D eigenvalue weighted by Crippen LogP contribution is -2.52. The minimum absolute atomic E-state index is 0. The molecule has 0 saturated carbocycles. The summed E-state index contributed by atoms with van der Waals surface area (Å²) < 4.78 is 16.1. The van der Waals surface area contributed by atoms with Crippen molar-refractivity contribution in [2.45, 2.75) is 26.2 Å². The molecule has 0 aromatic heterocycles. The van der Waals surface area contributed by atoms with Crippen LogP contribution in [0.3, 0.4) is 0 Å². The van der Waals surface area contributed by atoms with Crippen molar-refractivity contribution >= 4 is 29.9 Å². The quantitative estimate of drug-likeness (QED) is 0.456. The van der Waals surface area contributed by atoms with E-state index in [0.29, 0.717) is 12.4 Å². The molecule has 0 radical (unpaired) electrons. The number of carbonyl (C=O) groups excluding carboxylic acids is 1. The molecule has 0 aliphatic carbocycles. The summed E-state index contributed by atoms with van der Waals surface area (Å²) in [6.45, 7) is 7.33. The van der Waals surface area contributed by atoms with E-state index in [-0.39, 0.29) is 41.0 Å². The maximum absolute atomic E-state index is 10.7. The zero-order valence-electron chi connectivity index (χ0n) is 16.7. The number of aliphatic hydroxyl groups is 1. The van der Waals surface area contributed by atoms with Gasteiger partial charge in [-0.3, -0.25) is 0 Å². The number of benzene rings is 1. The van der Waals surface area contributed by atoms with E-state index >= 15 is 0 Å². The van der Waals surface area contributed by atoms with Crippen molar-refractivity contribution in [3.63, 3.8) is 0 Å². The van der Waals surface area contributed by atoms with E-state index in [0.717, 1.165) is 11.0 Å². The zero-order valence-corrected chi connectivity index (χ0v) is 19.0. The van der Waals surface area contributed by atoms with Crippen molar-refractivity contribution in [1.82, 2.24) is 0 Å². The summed E-state index contributed by atoms with van der Waals surface area (Å²) in [6, 6.07) is 2.63. The number of aromatic carboxylic acids is 1. The van der Waals surface area contributed by atoms with Crippen molar-refractivity contribution in [3.05, 3.63) is 17.7 Å². The number of hydrogen-bond donors (Lipinski definition) is 1. The molecule has 2 rings (SSSR count). The first kappa shape index (κ1) is 25.7. The molecule has 1 heterocycles. The molecule has 1 aromatic carbocycles. The second-order valence-corrected chi connectivity index (χ2v) is 6.31. The van der Waals surface area contributed by atoms with Crippen LogP contribution in [0.5, 0.6) is 17.2 Å². The number of carboxylic acid groups (broad SMARTS) is 1. The molecule has 1 aliphatic rings. The molecule has 0 atom stereocenters. The average Bonchev–Trinajstić information content (AvgIpc) is 2.68. The molecule has 27 heavy (non-hydrogen) atoms. The molecule has 156 valence electrons. The molecular formula is C19H32INO6. The number of quaternary nitrogens is 1. The van der Waals surface area contributed by atoms with Gasteiger partial charge in [0.25, 0.3) is 0 Å². The zero-order chi connectivity index (χ0) is 19.6. The highest BCUT2D eigenvalue weighted by atomic mass is 127. The van der Waals surface area contributed by atoms with Crippen LogP contribution in [0.2, 0.25) is 0 Å². The van der Waals surface area contributed by atoms with Gasteiger partial charge in [0.1, 0.15) is 6.54 Å². The summed E-state index contributed by atoms with van der Waals surface area (Å²) in [4.78, 5) is 10.7. The van der Waals surface area contributed by atoms with E-state index in [1.807, 2.05) is 0 Å². The third kappa shape index (κ3) is 7.34. The van der Waals surface area contributed by atoms with Gasteiger partial charge in [0.2, 0.25) is 5.75 Å². The predicted octanol–water partition coefficient (Wildman–Crippen LogP) is 1.69. The standard InChI is InChI=1S/C10H12O5.C9H20NO.HI/c1-13-7-4-6(10(11)12)5-8(14-2)9(7)15-3;1-2-10(8-9-11)6-4-3-5-7-10;/h4-5H,1-3H3,(H,11,12);11H,2-9H2,1H3;1H/q;+1;/p-1. The van der Waals surface area contributed by atoms with E-state index < -0.39 is 5.97 Å². The van der Waals surface area contributed by atoms with E-state index in [9.17, 15) is 9.90 Å². The molecule has 1 aliphatic heterocycles. The number of likely N-dealkylation sites (tertiary alicyclic amines) is 1. The Hall–Kier alpha value is -1.26. The van der Waals surface area contributed by atoms with Gasteiger partial charge in [-0.15, -0.1) is 24.0 Å². The monoisotopic (exact) mass is 497 g/mol. The van der Waals surface area contributed by atoms with E-state index in [4.69, 9.17) is 19.3 Å². The van der Waals surface area contributed by atoms with Gasteiger partial charge in [-0.25, -0.2) is 0 Å². The Morgan fingerprint density at radius 3 is 1.93 bits per heavy atom. The Labute approximate surface area is 178 Å². The number of nitrogens with zero attached hydrogens (tertiary/aromatic N) is 1. The molecule has 0 amide bonds. The first-order valence-corrected chi connectivity index (χ1v) is 8.94. The fourth-order valence-corrected chi connectivity index (χ4v) is 3.29. The average molecular weight is 497 g/mol. The third-order valence-electron chi connectivity index (χ3n) is 4.91. The van der Waals surface area contributed by atoms with Crippen LogP contribution in [0.1, 0.15) is 36.5 Å². The Morgan fingerprint density at radius 1 is 1.07 bits per heavy atom. The van der Waals surface area contributed by atoms with Crippen LogP contribution in [0, 0.1) is 0 Å². The van der Waals surface area contributed by atoms with Gasteiger partial charge in [-0.2, -0.15) is 0 Å². The van der Waals surface area contributed by atoms with Crippen molar-refractivity contribution in [2.75, 3.05) is 54.1 Å². The lowest BCUT2D eigenvalue weighted by molar-refractivity contribution is -0.931. The molecular weight excluding hydrogens is 465 g/mol. The fraction of sp³-hybridized carbons (Fsp3) is 0.632. The number of halogens is 1. The van der Waals surface area contributed by atoms with Crippen LogP contribution < -0.4 is 19.3 Å². The van der Waals surface area contributed by atoms with E-state index in [1.165, 1.54) is 72.4 Å². The van der Waals surface area contributed by atoms with Gasteiger partial charge in [-0.1, -0.05) is 0 Å². The van der Waals surface area contributed by atoms with Crippen LogP contribution in [0.25, 0.3) is 0 Å². The van der Waals surface area contributed by atoms with E-state index in [1.54, 1.807) is 0 Å². The molecule has 1 saturated heterocycles. The maximum Gasteiger partial charge on any atom is 0.203 e. The number of carbonyl (C=O) groups is 1. The second-order valence-electron chi connectivity index (χ2n) is 6.31. The molecule has 1 N–H and O–H groups in total. The molecule has 7 nitrogen and oxygen atoms in total. The van der Waals surface area contributed by atoms with Gasteiger partial charge in [0, 0.05) is 5.56 Å². The summed E-state index contributed by atoms with van der Waals surface area (Å²) in [7, 11) is 4.27. The maximum atomic E-state index is 10.7. The number of aliphatic hydroxyl groups excluding tert-OH is 1. The van der Waals surface area contributed by atoms with Crippen molar-refractivity contribution < 1.29 is 33.7 Å². The minimum atomic E-state index is -1.30. The Balaban J connectivity index is 0.000000504. The van der Waals surface area contributed by atoms with Gasteiger partial charge in [-0.05, 0) is 38.3 Å². The Morgan fingerprint density at radius 2 is 1.59 bits per heavy atom. The molecule has 0 unspecified atom stereocenters. The van der Waals surface area contributed by atoms with Crippen molar-refractivity contribution in [1.29, 1.82) is 0 Å². The molecule has 1 fully saturated rings. The first-order chi connectivity index (χ1) is 12.5. The highest BCUT2D eigenvalue weighted by molar-refractivity contribution is 14.0. The fourth-order valence-electron chi connectivity index (χ4n) is 3.29. The number of methoxy groups -OCH3 is 3. The summed E-state index contributed by atoms with van der Waals surface area (Å²) in [5.74, 6) is -0.369. The lowest BCUT2D eigenvalue weighted by Gasteiger charge is -2.40. The van der Waals surface area contributed by atoms with Crippen molar-refractivity contribution in [3.8, 4) is 17.2 Å². The molecule has 0 bridgehead atoms. The summed E-state index contributed by atoms with van der Waals surface area (Å²) in [5, 5.41) is 19.6. The molecule has 0 spiro atoms. The SMILES string of the molecule is CC[N+]1(CCO)CCCCC1.COc1cc(C(=O)[O-])cc(OC)c1OC.I. The van der Waals surface area contributed by atoms with Crippen LogP contribution in [-0.2, 0) is 0 Å². The van der Waals surface area contributed by atoms with Gasteiger partial charge < -0.3 is 33.7 Å². The van der Waals surface area contributed by atoms with Gasteiger partial charge >= 0.3 is 0 Å². The first-order valence-electron chi connectivity index (χ1n) is 8.94. The number of carboxylic acids is 1. The highest BCUT2D eigenvalue weighted by Gasteiger charge is 2.26. The number of piperidine rings is 1. The minimum Gasteiger partial charge on any atom is -0.545 e. The number of hydrogen-bond acceptors (Lipinski definition) is 6. The van der Waals surface area contributed by atoms with Crippen LogP contribution in [0.15, 0.2) is 12.1 Å². The second kappa shape index (κ2) is 13.0. The van der Waals surface area contributed by atoms with Crippen LogP contribution in [-0.4, -0.2) is 69.7 Å². The number of ether oxygens (including phenoxy) is 3. The topological polar surface area (TPSA) is 88.1 Å². The molecule has 8 heteroatoms. The largest absolute Gasteiger partial charge is 0.545 e. The van der Waals surface area contributed by atoms with Crippen molar-refractivity contribution in [2.24, 2.45) is 0 Å². The van der Waals surface area contributed by atoms with Gasteiger partial charge in [0.15, 0.2) is 11.5 Å². The highest BCUT2D eigenvalue weighted by Crippen LogP contribution is 2.37. The summed E-state index contributed by atoms with van der Waals surface area (Å²) >= 11 is 0. The van der Waals surface area contributed by atoms with Gasteiger partial charge in [0.05, 0.1) is 53.5 Å². The Bertz CT molecular complexity index is 545. The summed E-state index contributed by atoms with van der Waals surface area (Å²) in [5.41, 5.74) is -0.0236. The smallest absolute Gasteiger partial charge is 0.203 e. The number of rotatable bonds is 7. The van der Waals surface area contributed by atoms with E-state index in [2.05, 4.69) is 6.92 Å². The predicted molar refractivity (Wildman–Crippen MR) is 112 cm³/mol. The third-order valence-corrected chi connectivity index (χ3v) is 4.91. The normalized spacial score (nSPS) is 14.9. The van der Waals surface area contributed by atoms with Crippen LogP contribution >= 0.6 is 24.0 Å². The lowest BCUT2D eigenvalue weighted by atomic mass is 10.1. The number of likely N-dealkylation sites (N-methyl/N-ethyl adjacent to an activating group) is 1. The summed E-state index contributed by atoms with van der Waals surface area (Å²) in [6.07, 6.45) is 4.10. The molecule has 1 aromatic rings. The Kier molecular flexibility index (Phi) is 12.4.